The van der Waals surface area contributed by atoms with Crippen molar-refractivity contribution in [3.05, 3.63) is 127 Å². The quantitative estimate of drug-likeness (QED) is 0.169. The number of hydrogen-bond donors (Lipinski definition) is 2. The summed E-state index contributed by atoms with van der Waals surface area (Å²) in [5.74, 6) is 0.255. The Balaban J connectivity index is 1.48. The van der Waals surface area contributed by atoms with Gasteiger partial charge in [-0.1, -0.05) is 126 Å². The molecule has 0 radical (unpaired) electrons. The first kappa shape index (κ1) is 28.8. The molecule has 48 heavy (non-hydrogen) atoms. The molecule has 0 spiro atoms. The Morgan fingerprint density at radius 2 is 0.938 bits per heavy atom. The first-order valence-corrected chi connectivity index (χ1v) is 17.1. The van der Waals surface area contributed by atoms with Gasteiger partial charge in [-0.3, -0.25) is 0 Å². The summed E-state index contributed by atoms with van der Waals surface area (Å²) >= 11 is 1.84. The Bertz CT molecular complexity index is 2710. The van der Waals surface area contributed by atoms with Crippen molar-refractivity contribution in [1.82, 2.24) is 0 Å². The van der Waals surface area contributed by atoms with E-state index < -0.39 is 0 Å². The molecule has 0 saturated heterocycles. The third-order valence-electron chi connectivity index (χ3n) is 10.3. The summed E-state index contributed by atoms with van der Waals surface area (Å²) in [5, 5.41) is 32.4. The first-order valence-electron chi connectivity index (χ1n) is 16.3. The molecule has 9 rings (SSSR count). The average molecular weight is 630 g/mol. The molecule has 224 valence electrons. The van der Waals surface area contributed by atoms with Crippen molar-refractivity contribution in [3.8, 4) is 44.9 Å². The van der Waals surface area contributed by atoms with E-state index >= 15 is 0 Å². The van der Waals surface area contributed by atoms with Gasteiger partial charge in [-0.25, -0.2) is 0 Å². The second-order valence-electron chi connectivity index (χ2n) is 12.8. The smallest absolute Gasteiger partial charge is 0.143 e. The maximum absolute atomic E-state index is 11.7. The lowest BCUT2D eigenvalue weighted by molar-refractivity contribution is 0.460. The molecule has 6 heteroatoms. The van der Waals surface area contributed by atoms with Crippen molar-refractivity contribution in [2.45, 2.75) is 0 Å². The fourth-order valence-electron chi connectivity index (χ4n) is 7.73. The lowest BCUT2D eigenvalue weighted by Crippen LogP contribution is -2.39. The number of benzene rings is 8. The zero-order valence-corrected chi connectivity index (χ0v) is 27.7. The van der Waals surface area contributed by atoms with Crippen LogP contribution in [-0.2, 0) is 0 Å². The molecular formula is C42H29B3O2S. The van der Waals surface area contributed by atoms with Crippen molar-refractivity contribution in [2.24, 2.45) is 0 Å². The van der Waals surface area contributed by atoms with Gasteiger partial charge in [0.15, 0.2) is 0 Å². The van der Waals surface area contributed by atoms with Gasteiger partial charge in [0.25, 0.3) is 0 Å². The van der Waals surface area contributed by atoms with Crippen LogP contribution >= 0.6 is 11.3 Å². The first-order chi connectivity index (χ1) is 23.4. The minimum atomic E-state index is 0.128. The molecule has 9 aromatic rings. The summed E-state index contributed by atoms with van der Waals surface area (Å²) in [6.45, 7) is 0. The highest BCUT2D eigenvalue weighted by molar-refractivity contribution is 7.26. The summed E-state index contributed by atoms with van der Waals surface area (Å²) < 4.78 is 2.50. The van der Waals surface area contributed by atoms with Crippen LogP contribution in [-0.4, -0.2) is 33.8 Å². The van der Waals surface area contributed by atoms with Crippen LogP contribution in [0.2, 0.25) is 0 Å². The highest BCUT2D eigenvalue weighted by Gasteiger charge is 2.25. The molecule has 0 atom stereocenters. The van der Waals surface area contributed by atoms with Crippen LogP contribution in [0.1, 0.15) is 0 Å². The van der Waals surface area contributed by atoms with Crippen LogP contribution in [0, 0.1) is 0 Å². The Morgan fingerprint density at radius 1 is 0.417 bits per heavy atom. The third kappa shape index (κ3) is 4.09. The van der Waals surface area contributed by atoms with Crippen molar-refractivity contribution in [2.75, 3.05) is 0 Å². The van der Waals surface area contributed by atoms with E-state index in [0.29, 0.717) is 5.56 Å². The molecule has 2 nitrogen and oxygen atoms in total. The monoisotopic (exact) mass is 630 g/mol. The summed E-state index contributed by atoms with van der Waals surface area (Å²) in [6, 6.07) is 45.5. The Morgan fingerprint density at radius 3 is 1.58 bits per heavy atom. The zero-order chi connectivity index (χ0) is 32.7. The van der Waals surface area contributed by atoms with Crippen LogP contribution in [0.4, 0.5) is 0 Å². The summed E-state index contributed by atoms with van der Waals surface area (Å²) in [7, 11) is 5.81. The molecule has 8 aromatic carbocycles. The molecule has 0 aliphatic carbocycles. The van der Waals surface area contributed by atoms with Crippen molar-refractivity contribution in [3.63, 3.8) is 0 Å². The largest absolute Gasteiger partial charge is 0.508 e. The van der Waals surface area contributed by atoms with Gasteiger partial charge in [0.05, 0.1) is 5.56 Å². The fraction of sp³-hybridized carbons (Fsp3) is 0. The van der Waals surface area contributed by atoms with Gasteiger partial charge in [0.1, 0.15) is 35.0 Å². The minimum Gasteiger partial charge on any atom is -0.508 e. The number of phenols is 2. The summed E-state index contributed by atoms with van der Waals surface area (Å²) in [5.41, 5.74) is 8.52. The van der Waals surface area contributed by atoms with Gasteiger partial charge in [-0.2, -0.15) is 0 Å². The second kappa shape index (κ2) is 10.8. The third-order valence-corrected chi connectivity index (χ3v) is 11.5. The summed E-state index contributed by atoms with van der Waals surface area (Å²) in [4.78, 5) is 0. The molecule has 0 bridgehead atoms. The zero-order valence-electron chi connectivity index (χ0n) is 26.9. The van der Waals surface area contributed by atoms with E-state index in [1.54, 1.807) is 0 Å². The molecule has 0 saturated carbocycles. The van der Waals surface area contributed by atoms with E-state index in [1.807, 2.05) is 34.9 Å². The molecule has 1 aromatic heterocycles. The molecule has 0 amide bonds. The predicted molar refractivity (Wildman–Crippen MR) is 216 cm³/mol. The lowest BCUT2D eigenvalue weighted by Gasteiger charge is -2.22. The van der Waals surface area contributed by atoms with Crippen LogP contribution in [0.3, 0.4) is 0 Å². The Hall–Kier alpha value is -5.45. The van der Waals surface area contributed by atoms with Gasteiger partial charge in [0, 0.05) is 25.7 Å². The van der Waals surface area contributed by atoms with E-state index in [2.05, 4.69) is 127 Å². The van der Waals surface area contributed by atoms with Gasteiger partial charge < -0.3 is 10.2 Å². The van der Waals surface area contributed by atoms with Crippen LogP contribution in [0.15, 0.2) is 127 Å². The predicted octanol–water partition coefficient (Wildman–Crippen LogP) is 6.70. The van der Waals surface area contributed by atoms with Crippen molar-refractivity contribution < 1.29 is 10.2 Å². The van der Waals surface area contributed by atoms with Gasteiger partial charge in [-0.15, -0.1) is 11.3 Å². The fourth-order valence-corrected chi connectivity index (χ4v) is 8.90. The molecule has 2 N–H and O–H groups in total. The van der Waals surface area contributed by atoms with Gasteiger partial charge >= 0.3 is 0 Å². The van der Waals surface area contributed by atoms with Crippen molar-refractivity contribution >= 4 is 104 Å². The van der Waals surface area contributed by atoms with E-state index in [1.165, 1.54) is 47.6 Å². The topological polar surface area (TPSA) is 40.5 Å². The van der Waals surface area contributed by atoms with Crippen LogP contribution in [0.25, 0.3) is 85.9 Å². The van der Waals surface area contributed by atoms with Crippen LogP contribution < -0.4 is 16.4 Å². The molecular weight excluding hydrogens is 601 g/mol. The lowest BCUT2D eigenvalue weighted by atomic mass is 9.69. The van der Waals surface area contributed by atoms with Gasteiger partial charge in [-0.05, 0) is 72.8 Å². The number of aromatic hydroxyl groups is 2. The molecule has 0 aliphatic rings. The molecule has 0 fully saturated rings. The maximum Gasteiger partial charge on any atom is 0.143 e. The van der Waals surface area contributed by atoms with E-state index in [-0.39, 0.29) is 11.5 Å². The normalized spacial score (nSPS) is 11.8. The Kier molecular flexibility index (Phi) is 6.47. The van der Waals surface area contributed by atoms with Gasteiger partial charge in [0.2, 0.25) is 0 Å². The maximum atomic E-state index is 11.7. The minimum absolute atomic E-state index is 0.128. The van der Waals surface area contributed by atoms with Crippen molar-refractivity contribution in [1.29, 1.82) is 0 Å². The highest BCUT2D eigenvalue weighted by Crippen LogP contribution is 2.51. The number of fused-ring (bicyclic) bond motifs is 6. The SMILES string of the molecule is Bc1c(B)c(O)c(-c2c3ccccc3c(-c3cc(-c4cccc5ccccc45)cc4sc5ccccc5c34)c3ccccc23)c(O)c1B. The Labute approximate surface area is 285 Å². The number of rotatable bonds is 3. The number of thiophene rings is 1. The second-order valence-corrected chi connectivity index (χ2v) is 13.9. The standard InChI is InChI=1S/C42H29B3O2S/c43-38-39(44)41(46)37(42(47)40(38)45)36-28-15-5-3-13-26(28)34(27-14-4-6-16-29(27)36)31-20-23(25-18-9-11-22-10-1-2-12-24(22)25)21-33-35(31)30-17-7-8-19-32(30)48-33/h1-21,46-47H,43-45H2. The van der Waals surface area contributed by atoms with Crippen LogP contribution in [0.5, 0.6) is 11.5 Å². The summed E-state index contributed by atoms with van der Waals surface area (Å²) in [6.07, 6.45) is 0. The van der Waals surface area contributed by atoms with E-state index in [4.69, 9.17) is 0 Å². The molecule has 0 unspecified atom stereocenters. The molecule has 1 heterocycles. The highest BCUT2D eigenvalue weighted by atomic mass is 32.1. The number of hydrogen-bond acceptors (Lipinski definition) is 3. The van der Waals surface area contributed by atoms with E-state index in [9.17, 15) is 10.2 Å². The average Bonchev–Trinajstić information content (AvgIpc) is 3.51. The molecule has 0 aliphatic heterocycles. The number of phenolic OH excluding ortho intramolecular Hbond substituents is 2. The van der Waals surface area contributed by atoms with E-state index in [0.717, 1.165) is 49.1 Å².